The average Bonchev–Trinajstić information content (AvgIpc) is 2.91. The summed E-state index contributed by atoms with van der Waals surface area (Å²) in [5.74, 6) is -0.475. The normalized spacial score (nSPS) is 19.1. The van der Waals surface area contributed by atoms with E-state index < -0.39 is 29.7 Å². The van der Waals surface area contributed by atoms with Crippen LogP contribution in [0.25, 0.3) is 0 Å². The van der Waals surface area contributed by atoms with Crippen LogP contribution in [0.5, 0.6) is 0 Å². The second-order valence-electron chi connectivity index (χ2n) is 7.54. The number of nitrogens with one attached hydrogen (secondary N) is 1. The molecule has 1 N–H and O–H groups in total. The molecule has 7 nitrogen and oxygen atoms in total. The maximum atomic E-state index is 12.9. The van der Waals surface area contributed by atoms with Gasteiger partial charge in [0.2, 0.25) is 5.91 Å². The number of nitrogens with zero attached hydrogens (tertiary/aromatic N) is 1. The van der Waals surface area contributed by atoms with Gasteiger partial charge in [-0.05, 0) is 46.0 Å². The highest BCUT2D eigenvalue weighted by atomic mass is 16.6. The van der Waals surface area contributed by atoms with Crippen LogP contribution < -0.4 is 5.32 Å². The monoisotopic (exact) mass is 342 g/mol. The first-order chi connectivity index (χ1) is 11.0. The van der Waals surface area contributed by atoms with Crippen molar-refractivity contribution in [1.82, 2.24) is 10.2 Å². The fraction of sp³-hybridized carbons (Fsp3) is 0.824. The zero-order chi connectivity index (χ0) is 18.5. The van der Waals surface area contributed by atoms with Crippen molar-refractivity contribution in [2.24, 2.45) is 5.92 Å². The minimum atomic E-state index is -0.717. The van der Waals surface area contributed by atoms with Crippen LogP contribution in [-0.2, 0) is 19.1 Å². The van der Waals surface area contributed by atoms with Crippen molar-refractivity contribution < 1.29 is 23.9 Å². The maximum absolute atomic E-state index is 12.9. The minimum Gasteiger partial charge on any atom is -0.467 e. The Morgan fingerprint density at radius 1 is 1.25 bits per heavy atom. The molecular formula is C17H30N2O5. The van der Waals surface area contributed by atoms with Gasteiger partial charge >= 0.3 is 12.1 Å². The van der Waals surface area contributed by atoms with Crippen LogP contribution in [0.1, 0.15) is 53.9 Å². The summed E-state index contributed by atoms with van der Waals surface area (Å²) in [4.78, 5) is 38.3. The van der Waals surface area contributed by atoms with E-state index in [4.69, 9.17) is 9.47 Å². The number of amides is 2. The van der Waals surface area contributed by atoms with Crippen LogP contribution in [-0.4, -0.2) is 54.2 Å². The molecule has 0 aliphatic carbocycles. The highest BCUT2D eigenvalue weighted by Crippen LogP contribution is 2.21. The van der Waals surface area contributed by atoms with E-state index in [1.54, 1.807) is 20.8 Å². The average molecular weight is 342 g/mol. The third-order valence-electron chi connectivity index (χ3n) is 3.71. The topological polar surface area (TPSA) is 84.9 Å². The van der Waals surface area contributed by atoms with Crippen molar-refractivity contribution in [2.75, 3.05) is 13.7 Å². The molecule has 0 aromatic rings. The van der Waals surface area contributed by atoms with Crippen LogP contribution in [0, 0.1) is 5.92 Å². The molecule has 2 atom stereocenters. The number of hydrogen-bond acceptors (Lipinski definition) is 5. The SMILES string of the molecule is COC(=O)C1CCCN1C(=O)C(CC(C)C)NC(=O)OC(C)(C)C. The predicted octanol–water partition coefficient (Wildman–Crippen LogP) is 2.09. The summed E-state index contributed by atoms with van der Waals surface area (Å²) in [6, 6.07) is -1.29. The molecule has 1 aliphatic rings. The predicted molar refractivity (Wildman–Crippen MR) is 89.4 cm³/mol. The summed E-state index contributed by atoms with van der Waals surface area (Å²) in [6.07, 6.45) is 1.17. The molecule has 2 amide bonds. The van der Waals surface area contributed by atoms with Gasteiger partial charge in [-0.1, -0.05) is 13.8 Å². The molecule has 0 radical (unpaired) electrons. The summed E-state index contributed by atoms with van der Waals surface area (Å²) in [5.41, 5.74) is -0.641. The smallest absolute Gasteiger partial charge is 0.408 e. The molecule has 1 heterocycles. The first-order valence-corrected chi connectivity index (χ1v) is 8.43. The summed E-state index contributed by atoms with van der Waals surface area (Å²) >= 11 is 0. The maximum Gasteiger partial charge on any atom is 0.408 e. The lowest BCUT2D eigenvalue weighted by Crippen LogP contribution is -2.53. The molecule has 0 bridgehead atoms. The molecule has 0 saturated carbocycles. The van der Waals surface area contributed by atoms with Gasteiger partial charge in [-0.15, -0.1) is 0 Å². The van der Waals surface area contributed by atoms with Crippen LogP contribution >= 0.6 is 0 Å². The van der Waals surface area contributed by atoms with Crippen molar-refractivity contribution in [3.8, 4) is 0 Å². The molecule has 7 heteroatoms. The Bertz CT molecular complexity index is 470. The van der Waals surface area contributed by atoms with Crippen molar-refractivity contribution in [3.05, 3.63) is 0 Å². The van der Waals surface area contributed by atoms with Gasteiger partial charge in [0.15, 0.2) is 0 Å². The van der Waals surface area contributed by atoms with Gasteiger partial charge in [0.25, 0.3) is 0 Å². The number of esters is 1. The van der Waals surface area contributed by atoms with Crippen LogP contribution in [0.15, 0.2) is 0 Å². The zero-order valence-corrected chi connectivity index (χ0v) is 15.5. The first-order valence-electron chi connectivity index (χ1n) is 8.43. The molecule has 1 rings (SSSR count). The minimum absolute atomic E-state index is 0.202. The summed E-state index contributed by atoms with van der Waals surface area (Å²) in [5, 5.41) is 2.65. The van der Waals surface area contributed by atoms with Crippen molar-refractivity contribution >= 4 is 18.0 Å². The van der Waals surface area contributed by atoms with Gasteiger partial charge in [0, 0.05) is 6.54 Å². The Hall–Kier alpha value is -1.79. The summed E-state index contributed by atoms with van der Waals surface area (Å²) in [7, 11) is 1.31. The fourth-order valence-electron chi connectivity index (χ4n) is 2.75. The first kappa shape index (κ1) is 20.3. The standard InChI is InChI=1S/C17H30N2O5/c1-11(2)10-12(18-16(22)24-17(3,4)5)14(20)19-9-7-8-13(19)15(21)23-6/h11-13H,7-10H2,1-6H3,(H,18,22). The number of hydrogen-bond donors (Lipinski definition) is 1. The van der Waals surface area contributed by atoms with Crippen LogP contribution in [0.2, 0.25) is 0 Å². The van der Waals surface area contributed by atoms with Gasteiger partial charge in [0.05, 0.1) is 7.11 Å². The molecule has 1 aliphatic heterocycles. The largest absolute Gasteiger partial charge is 0.467 e. The molecule has 1 saturated heterocycles. The Balaban J connectivity index is 2.84. The molecule has 0 aromatic carbocycles. The third-order valence-corrected chi connectivity index (χ3v) is 3.71. The Kier molecular flexibility index (Phi) is 7.05. The van der Waals surface area contributed by atoms with Gasteiger partial charge < -0.3 is 19.7 Å². The number of ether oxygens (including phenoxy) is 2. The number of carbonyl (C=O) groups is 3. The van der Waals surface area contributed by atoms with Crippen molar-refractivity contribution in [3.63, 3.8) is 0 Å². The highest BCUT2D eigenvalue weighted by Gasteiger charge is 2.38. The van der Waals surface area contributed by atoms with Crippen LogP contribution in [0.4, 0.5) is 4.79 Å². The number of carbonyl (C=O) groups excluding carboxylic acids is 3. The lowest BCUT2D eigenvalue weighted by Gasteiger charge is -2.29. The van der Waals surface area contributed by atoms with Gasteiger partial charge in [-0.25, -0.2) is 9.59 Å². The number of likely N-dealkylation sites (tertiary alicyclic amines) is 1. The van der Waals surface area contributed by atoms with Crippen LogP contribution in [0.3, 0.4) is 0 Å². The van der Waals surface area contributed by atoms with Crippen molar-refractivity contribution in [1.29, 1.82) is 0 Å². The fourth-order valence-corrected chi connectivity index (χ4v) is 2.75. The zero-order valence-electron chi connectivity index (χ0n) is 15.5. The van der Waals surface area contributed by atoms with E-state index in [9.17, 15) is 14.4 Å². The Morgan fingerprint density at radius 2 is 1.88 bits per heavy atom. The molecule has 2 unspecified atom stereocenters. The second kappa shape index (κ2) is 8.35. The van der Waals surface area contributed by atoms with E-state index in [-0.39, 0.29) is 11.8 Å². The number of methoxy groups -OCH3 is 1. The molecule has 1 fully saturated rings. The van der Waals surface area contributed by atoms with E-state index in [1.165, 1.54) is 12.0 Å². The van der Waals surface area contributed by atoms with Gasteiger partial charge in [-0.3, -0.25) is 4.79 Å². The summed E-state index contributed by atoms with van der Waals surface area (Å²) in [6.45, 7) is 9.72. The van der Waals surface area contributed by atoms with E-state index in [0.29, 0.717) is 19.4 Å². The molecular weight excluding hydrogens is 312 g/mol. The quantitative estimate of drug-likeness (QED) is 0.773. The van der Waals surface area contributed by atoms with E-state index in [0.717, 1.165) is 6.42 Å². The van der Waals surface area contributed by atoms with E-state index in [2.05, 4.69) is 5.32 Å². The second-order valence-corrected chi connectivity index (χ2v) is 7.54. The summed E-state index contributed by atoms with van der Waals surface area (Å²) < 4.78 is 10.0. The molecule has 0 spiro atoms. The van der Waals surface area contributed by atoms with E-state index in [1.807, 2.05) is 13.8 Å². The third kappa shape index (κ3) is 6.02. The number of rotatable bonds is 5. The molecule has 0 aromatic heterocycles. The lowest BCUT2D eigenvalue weighted by molar-refractivity contribution is -0.151. The van der Waals surface area contributed by atoms with E-state index >= 15 is 0 Å². The molecule has 138 valence electrons. The lowest BCUT2D eigenvalue weighted by atomic mass is 10.0. The number of alkyl carbamates (subject to hydrolysis) is 1. The molecule has 24 heavy (non-hydrogen) atoms. The van der Waals surface area contributed by atoms with Gasteiger partial charge in [0.1, 0.15) is 17.7 Å². The Labute approximate surface area is 144 Å². The van der Waals surface area contributed by atoms with Gasteiger partial charge in [-0.2, -0.15) is 0 Å². The highest BCUT2D eigenvalue weighted by molar-refractivity contribution is 5.90. The van der Waals surface area contributed by atoms with Crippen molar-refractivity contribution in [2.45, 2.75) is 71.6 Å². The Morgan fingerprint density at radius 3 is 2.38 bits per heavy atom.